The van der Waals surface area contributed by atoms with E-state index in [4.69, 9.17) is 5.11 Å². The van der Waals surface area contributed by atoms with E-state index in [-0.39, 0.29) is 16.0 Å². The lowest BCUT2D eigenvalue weighted by molar-refractivity contribution is -0.137. The van der Waals surface area contributed by atoms with Crippen LogP contribution in [0.25, 0.3) is 0 Å². The summed E-state index contributed by atoms with van der Waals surface area (Å²) in [4.78, 5) is 11.5. The Kier molecular flexibility index (Phi) is 4.76. The number of aliphatic carboxylic acids is 1. The van der Waals surface area contributed by atoms with Crippen LogP contribution >= 0.6 is 11.3 Å². The molecule has 1 aromatic heterocycles. The quantitative estimate of drug-likeness (QED) is 0.873. The predicted octanol–water partition coefficient (Wildman–Crippen LogP) is 2.19. The summed E-state index contributed by atoms with van der Waals surface area (Å²) in [6.45, 7) is 7.56. The average molecular weight is 305 g/mol. The summed E-state index contributed by atoms with van der Waals surface area (Å²) in [7, 11) is -3.64. The molecule has 1 aromatic rings. The van der Waals surface area contributed by atoms with E-state index in [9.17, 15) is 13.2 Å². The summed E-state index contributed by atoms with van der Waals surface area (Å²) in [5.74, 6) is -1.03. The minimum absolute atomic E-state index is 0.106. The van der Waals surface area contributed by atoms with Crippen LogP contribution in [0.2, 0.25) is 0 Å². The van der Waals surface area contributed by atoms with E-state index >= 15 is 0 Å². The van der Waals surface area contributed by atoms with Crippen molar-refractivity contribution in [2.24, 2.45) is 0 Å². The second-order valence-corrected chi connectivity index (χ2v) is 8.51. The van der Waals surface area contributed by atoms with E-state index in [1.54, 1.807) is 12.1 Å². The van der Waals surface area contributed by atoms with Gasteiger partial charge in [0.05, 0.1) is 6.42 Å². The Morgan fingerprint density at radius 2 is 2.00 bits per heavy atom. The van der Waals surface area contributed by atoms with Crippen LogP contribution in [0.15, 0.2) is 16.3 Å². The van der Waals surface area contributed by atoms with Crippen LogP contribution in [0, 0.1) is 0 Å². The molecular weight excluding hydrogens is 286 g/mol. The van der Waals surface area contributed by atoms with Gasteiger partial charge in [-0.25, -0.2) is 13.1 Å². The fourth-order valence-electron chi connectivity index (χ4n) is 1.49. The van der Waals surface area contributed by atoms with Crippen LogP contribution in [-0.4, -0.2) is 25.5 Å². The molecule has 0 aliphatic carbocycles. The highest BCUT2D eigenvalue weighted by Crippen LogP contribution is 2.31. The average Bonchev–Trinajstić information content (AvgIpc) is 2.62. The maximum atomic E-state index is 12.1. The molecule has 0 aliphatic rings. The van der Waals surface area contributed by atoms with Gasteiger partial charge in [0.25, 0.3) is 0 Å². The zero-order chi connectivity index (χ0) is 14.8. The van der Waals surface area contributed by atoms with Crippen LogP contribution < -0.4 is 4.72 Å². The van der Waals surface area contributed by atoms with Crippen molar-refractivity contribution >= 4 is 27.3 Å². The SMILES string of the molecule is C[C@H](CC(=O)O)NS(=O)(=O)c1ccc(C(C)(C)C)s1. The summed E-state index contributed by atoms with van der Waals surface area (Å²) in [5, 5.41) is 8.63. The van der Waals surface area contributed by atoms with E-state index in [2.05, 4.69) is 4.72 Å². The highest BCUT2D eigenvalue weighted by atomic mass is 32.2. The second kappa shape index (κ2) is 5.60. The van der Waals surface area contributed by atoms with Gasteiger partial charge in [0, 0.05) is 10.9 Å². The topological polar surface area (TPSA) is 83.5 Å². The molecule has 0 spiro atoms. The van der Waals surface area contributed by atoms with Gasteiger partial charge in [0.1, 0.15) is 4.21 Å². The van der Waals surface area contributed by atoms with Gasteiger partial charge in [0.15, 0.2) is 0 Å². The van der Waals surface area contributed by atoms with Gasteiger partial charge in [-0.3, -0.25) is 4.79 Å². The molecule has 0 aromatic carbocycles. The largest absolute Gasteiger partial charge is 0.481 e. The van der Waals surface area contributed by atoms with Gasteiger partial charge in [-0.2, -0.15) is 0 Å². The predicted molar refractivity (Wildman–Crippen MR) is 75.1 cm³/mol. The van der Waals surface area contributed by atoms with Crippen molar-refractivity contribution in [1.82, 2.24) is 4.72 Å². The number of hydrogen-bond acceptors (Lipinski definition) is 4. The fraction of sp³-hybridized carbons (Fsp3) is 0.583. The van der Waals surface area contributed by atoms with Gasteiger partial charge in [-0.1, -0.05) is 20.8 Å². The van der Waals surface area contributed by atoms with E-state index in [0.29, 0.717) is 0 Å². The molecular formula is C12H19NO4S2. The Bertz CT molecular complexity index is 555. The third-order valence-corrected chi connectivity index (χ3v) is 6.01. The van der Waals surface area contributed by atoms with Gasteiger partial charge >= 0.3 is 5.97 Å². The third-order valence-electron chi connectivity index (χ3n) is 2.42. The molecule has 0 saturated heterocycles. The highest BCUT2D eigenvalue weighted by molar-refractivity contribution is 7.91. The van der Waals surface area contributed by atoms with Crippen molar-refractivity contribution in [3.8, 4) is 0 Å². The molecule has 0 amide bonds. The van der Waals surface area contributed by atoms with Gasteiger partial charge < -0.3 is 5.11 Å². The number of nitrogens with one attached hydrogen (secondary N) is 1. The van der Waals surface area contributed by atoms with Crippen LogP contribution in [0.3, 0.4) is 0 Å². The van der Waals surface area contributed by atoms with E-state index in [1.165, 1.54) is 18.3 Å². The monoisotopic (exact) mass is 305 g/mol. The summed E-state index contributed by atoms with van der Waals surface area (Å²) in [5.41, 5.74) is -0.106. The van der Waals surface area contributed by atoms with Crippen LogP contribution in [0.5, 0.6) is 0 Å². The van der Waals surface area contributed by atoms with Crippen molar-refractivity contribution in [2.45, 2.75) is 49.8 Å². The third kappa shape index (κ3) is 4.59. The molecule has 0 aliphatic heterocycles. The van der Waals surface area contributed by atoms with Crippen LogP contribution in [-0.2, 0) is 20.2 Å². The van der Waals surface area contributed by atoms with Crippen molar-refractivity contribution in [2.75, 3.05) is 0 Å². The number of carboxylic acids is 1. The van der Waals surface area contributed by atoms with Gasteiger partial charge in [-0.15, -0.1) is 11.3 Å². The number of rotatable bonds is 5. The molecule has 5 nitrogen and oxygen atoms in total. The maximum Gasteiger partial charge on any atom is 0.304 e. The number of carboxylic acid groups (broad SMARTS) is 1. The first kappa shape index (κ1) is 16.1. The number of thiophene rings is 1. The van der Waals surface area contributed by atoms with Crippen molar-refractivity contribution in [1.29, 1.82) is 0 Å². The number of sulfonamides is 1. The number of hydrogen-bond donors (Lipinski definition) is 2. The molecule has 108 valence electrons. The highest BCUT2D eigenvalue weighted by Gasteiger charge is 2.24. The summed E-state index contributed by atoms with van der Waals surface area (Å²) in [6.07, 6.45) is -0.239. The first-order chi connectivity index (χ1) is 8.52. The second-order valence-electron chi connectivity index (χ2n) is 5.49. The molecule has 0 bridgehead atoms. The standard InChI is InChI=1S/C12H19NO4S2/c1-8(7-10(14)15)13-19(16,17)11-6-5-9(18-11)12(2,3)4/h5-6,8,13H,7H2,1-4H3,(H,14,15)/t8-/m1/s1. The van der Waals surface area contributed by atoms with E-state index in [0.717, 1.165) is 4.88 Å². The molecule has 2 N–H and O–H groups in total. The summed E-state index contributed by atoms with van der Waals surface area (Å²) < 4.78 is 26.7. The Labute approximate surface area is 117 Å². The zero-order valence-corrected chi connectivity index (χ0v) is 13.1. The molecule has 1 rings (SSSR count). The zero-order valence-electron chi connectivity index (χ0n) is 11.4. The first-order valence-electron chi connectivity index (χ1n) is 5.87. The van der Waals surface area contributed by atoms with Gasteiger partial charge in [-0.05, 0) is 24.5 Å². The van der Waals surface area contributed by atoms with E-state index < -0.39 is 22.0 Å². The van der Waals surface area contributed by atoms with Crippen molar-refractivity contribution < 1.29 is 18.3 Å². The number of carbonyl (C=O) groups is 1. The molecule has 1 atom stereocenters. The lowest BCUT2D eigenvalue weighted by Gasteiger charge is -2.15. The smallest absolute Gasteiger partial charge is 0.304 e. The summed E-state index contributed by atoms with van der Waals surface area (Å²) in [6, 6.07) is 2.71. The minimum Gasteiger partial charge on any atom is -0.481 e. The Balaban J connectivity index is 2.89. The molecule has 7 heteroatoms. The van der Waals surface area contributed by atoms with Crippen molar-refractivity contribution in [3.63, 3.8) is 0 Å². The Morgan fingerprint density at radius 3 is 2.42 bits per heavy atom. The van der Waals surface area contributed by atoms with Crippen molar-refractivity contribution in [3.05, 3.63) is 17.0 Å². The van der Waals surface area contributed by atoms with Crippen LogP contribution in [0.1, 0.15) is 39.0 Å². The first-order valence-corrected chi connectivity index (χ1v) is 8.17. The minimum atomic E-state index is -3.64. The molecule has 0 radical (unpaired) electrons. The fourth-order valence-corrected chi connectivity index (χ4v) is 4.12. The van der Waals surface area contributed by atoms with Crippen LogP contribution in [0.4, 0.5) is 0 Å². The molecule has 1 heterocycles. The maximum absolute atomic E-state index is 12.1. The molecule has 0 saturated carbocycles. The molecule has 0 fully saturated rings. The summed E-state index contributed by atoms with van der Waals surface area (Å²) >= 11 is 1.21. The van der Waals surface area contributed by atoms with Gasteiger partial charge in [0.2, 0.25) is 10.0 Å². The molecule has 19 heavy (non-hydrogen) atoms. The molecule has 0 unspecified atom stereocenters. The lowest BCUT2D eigenvalue weighted by Crippen LogP contribution is -2.33. The lowest BCUT2D eigenvalue weighted by atomic mass is 9.95. The Morgan fingerprint density at radius 1 is 1.42 bits per heavy atom. The normalized spacial score (nSPS) is 14.3. The van der Waals surface area contributed by atoms with E-state index in [1.807, 2.05) is 20.8 Å². The Hall–Kier alpha value is -0.920.